The molecule has 0 unspecified atom stereocenters. The van der Waals surface area contributed by atoms with Crippen molar-refractivity contribution in [2.24, 2.45) is 0 Å². The zero-order valence-corrected chi connectivity index (χ0v) is 10.3. The third-order valence-electron chi connectivity index (χ3n) is 2.78. The molecule has 0 bridgehead atoms. The molecular weight excluding hydrogens is 210 g/mol. The summed E-state index contributed by atoms with van der Waals surface area (Å²) in [5.41, 5.74) is 9.21. The van der Waals surface area contributed by atoms with E-state index in [2.05, 4.69) is 29.9 Å². The third kappa shape index (κ3) is 2.44. The molecule has 0 spiro atoms. The number of nitrogen functional groups attached to an aromatic ring is 1. The Morgan fingerprint density at radius 2 is 1.94 bits per heavy atom. The molecule has 17 heavy (non-hydrogen) atoms. The summed E-state index contributed by atoms with van der Waals surface area (Å²) in [6, 6.07) is 8.13. The predicted octanol–water partition coefficient (Wildman–Crippen LogP) is 2.99. The molecule has 0 saturated carbocycles. The summed E-state index contributed by atoms with van der Waals surface area (Å²) in [5.74, 6) is 1.39. The summed E-state index contributed by atoms with van der Waals surface area (Å²) in [4.78, 5) is 8.70. The summed E-state index contributed by atoms with van der Waals surface area (Å²) < 4.78 is 0. The molecule has 2 N–H and O–H groups in total. The number of aryl methyl sites for hydroxylation is 2. The zero-order chi connectivity index (χ0) is 12.3. The number of hydrogen-bond donors (Lipinski definition) is 1. The lowest BCUT2D eigenvalue weighted by Crippen LogP contribution is -2.02. The SMILES string of the molecule is CCCc1ncc(-c2ccccc2C)c(N)n1. The number of benzene rings is 1. The van der Waals surface area contributed by atoms with Gasteiger partial charge in [0.1, 0.15) is 11.6 Å². The quantitative estimate of drug-likeness (QED) is 0.877. The largest absolute Gasteiger partial charge is 0.383 e. The van der Waals surface area contributed by atoms with Crippen LogP contribution in [0.3, 0.4) is 0 Å². The first-order valence-electron chi connectivity index (χ1n) is 5.89. The number of nitrogens with zero attached hydrogens (tertiary/aromatic N) is 2. The molecule has 0 amide bonds. The Labute approximate surface area is 102 Å². The fourth-order valence-corrected chi connectivity index (χ4v) is 1.86. The van der Waals surface area contributed by atoms with Crippen LogP contribution in [0.1, 0.15) is 24.7 Å². The molecule has 0 saturated heterocycles. The molecule has 0 aliphatic rings. The highest BCUT2D eigenvalue weighted by atomic mass is 14.9. The monoisotopic (exact) mass is 227 g/mol. The highest BCUT2D eigenvalue weighted by Crippen LogP contribution is 2.26. The molecule has 0 aliphatic carbocycles. The Bertz CT molecular complexity index is 521. The maximum Gasteiger partial charge on any atom is 0.135 e. The highest BCUT2D eigenvalue weighted by Gasteiger charge is 2.07. The maximum atomic E-state index is 6.00. The molecule has 88 valence electrons. The van der Waals surface area contributed by atoms with E-state index < -0.39 is 0 Å². The van der Waals surface area contributed by atoms with Gasteiger partial charge in [-0.2, -0.15) is 0 Å². The van der Waals surface area contributed by atoms with E-state index >= 15 is 0 Å². The van der Waals surface area contributed by atoms with Crippen molar-refractivity contribution in [1.82, 2.24) is 9.97 Å². The zero-order valence-electron chi connectivity index (χ0n) is 10.3. The molecule has 0 aliphatic heterocycles. The standard InChI is InChI=1S/C14H17N3/c1-3-6-13-16-9-12(14(15)17-13)11-8-5-4-7-10(11)2/h4-5,7-9H,3,6H2,1-2H3,(H2,15,16,17). The van der Waals surface area contributed by atoms with Crippen molar-refractivity contribution in [3.8, 4) is 11.1 Å². The molecular formula is C14H17N3. The van der Waals surface area contributed by atoms with Crippen LogP contribution in [0.4, 0.5) is 5.82 Å². The molecule has 3 nitrogen and oxygen atoms in total. The number of nitrogens with two attached hydrogens (primary N) is 1. The second-order valence-corrected chi connectivity index (χ2v) is 4.15. The van der Waals surface area contributed by atoms with Crippen molar-refractivity contribution in [2.45, 2.75) is 26.7 Å². The summed E-state index contributed by atoms with van der Waals surface area (Å²) in [6.07, 6.45) is 3.73. The van der Waals surface area contributed by atoms with Crippen LogP contribution in [0, 0.1) is 6.92 Å². The Kier molecular flexibility index (Phi) is 3.38. The minimum absolute atomic E-state index is 0.567. The molecule has 2 aromatic rings. The number of hydrogen-bond acceptors (Lipinski definition) is 3. The van der Waals surface area contributed by atoms with E-state index in [4.69, 9.17) is 5.73 Å². The smallest absolute Gasteiger partial charge is 0.135 e. The van der Waals surface area contributed by atoms with E-state index in [1.54, 1.807) is 0 Å². The van der Waals surface area contributed by atoms with Crippen LogP contribution in [-0.2, 0) is 6.42 Å². The Morgan fingerprint density at radius 1 is 1.18 bits per heavy atom. The fourth-order valence-electron chi connectivity index (χ4n) is 1.86. The summed E-state index contributed by atoms with van der Waals surface area (Å²) in [6.45, 7) is 4.17. The normalized spacial score (nSPS) is 10.5. The van der Waals surface area contributed by atoms with Gasteiger partial charge in [-0.25, -0.2) is 9.97 Å². The number of rotatable bonds is 3. The van der Waals surface area contributed by atoms with Crippen molar-refractivity contribution in [1.29, 1.82) is 0 Å². The van der Waals surface area contributed by atoms with Crippen LogP contribution in [0.2, 0.25) is 0 Å². The van der Waals surface area contributed by atoms with E-state index in [0.29, 0.717) is 5.82 Å². The summed E-state index contributed by atoms with van der Waals surface area (Å²) in [7, 11) is 0. The van der Waals surface area contributed by atoms with E-state index in [1.807, 2.05) is 24.4 Å². The van der Waals surface area contributed by atoms with E-state index in [1.165, 1.54) is 5.56 Å². The fraction of sp³-hybridized carbons (Fsp3) is 0.286. The van der Waals surface area contributed by atoms with Crippen LogP contribution in [-0.4, -0.2) is 9.97 Å². The Hall–Kier alpha value is -1.90. The molecule has 1 heterocycles. The van der Waals surface area contributed by atoms with Crippen LogP contribution >= 0.6 is 0 Å². The van der Waals surface area contributed by atoms with E-state index in [-0.39, 0.29) is 0 Å². The molecule has 0 fully saturated rings. The van der Waals surface area contributed by atoms with Crippen molar-refractivity contribution < 1.29 is 0 Å². The second kappa shape index (κ2) is 4.95. The van der Waals surface area contributed by atoms with Gasteiger partial charge in [0.25, 0.3) is 0 Å². The van der Waals surface area contributed by atoms with Gasteiger partial charge in [-0.05, 0) is 24.5 Å². The lowest BCUT2D eigenvalue weighted by molar-refractivity contribution is 0.838. The van der Waals surface area contributed by atoms with Gasteiger partial charge in [-0.3, -0.25) is 0 Å². The predicted molar refractivity (Wildman–Crippen MR) is 70.6 cm³/mol. The van der Waals surface area contributed by atoms with Gasteiger partial charge >= 0.3 is 0 Å². The summed E-state index contributed by atoms with van der Waals surface area (Å²) >= 11 is 0. The minimum atomic E-state index is 0.567. The maximum absolute atomic E-state index is 6.00. The number of aromatic nitrogens is 2. The van der Waals surface area contributed by atoms with Gasteiger partial charge in [0.15, 0.2) is 0 Å². The van der Waals surface area contributed by atoms with Gasteiger partial charge in [0.05, 0.1) is 0 Å². The third-order valence-corrected chi connectivity index (χ3v) is 2.78. The van der Waals surface area contributed by atoms with Crippen LogP contribution < -0.4 is 5.73 Å². The minimum Gasteiger partial charge on any atom is -0.383 e. The lowest BCUT2D eigenvalue weighted by Gasteiger charge is -2.08. The van der Waals surface area contributed by atoms with Crippen molar-refractivity contribution in [3.63, 3.8) is 0 Å². The average molecular weight is 227 g/mol. The van der Waals surface area contributed by atoms with Crippen molar-refractivity contribution in [2.75, 3.05) is 5.73 Å². The molecule has 0 atom stereocenters. The van der Waals surface area contributed by atoms with E-state index in [0.717, 1.165) is 29.8 Å². The molecule has 3 heteroatoms. The molecule has 0 radical (unpaired) electrons. The second-order valence-electron chi connectivity index (χ2n) is 4.15. The van der Waals surface area contributed by atoms with Gasteiger partial charge in [0.2, 0.25) is 0 Å². The van der Waals surface area contributed by atoms with E-state index in [9.17, 15) is 0 Å². The van der Waals surface area contributed by atoms with Gasteiger partial charge in [0, 0.05) is 18.2 Å². The molecule has 2 rings (SSSR count). The first-order valence-corrected chi connectivity index (χ1v) is 5.89. The van der Waals surface area contributed by atoms with Crippen LogP contribution in [0.25, 0.3) is 11.1 Å². The Morgan fingerprint density at radius 3 is 2.59 bits per heavy atom. The van der Waals surface area contributed by atoms with Gasteiger partial charge < -0.3 is 5.73 Å². The first kappa shape index (κ1) is 11.6. The average Bonchev–Trinajstić information content (AvgIpc) is 2.31. The van der Waals surface area contributed by atoms with Crippen molar-refractivity contribution in [3.05, 3.63) is 41.9 Å². The van der Waals surface area contributed by atoms with Crippen LogP contribution in [0.5, 0.6) is 0 Å². The lowest BCUT2D eigenvalue weighted by atomic mass is 10.0. The molecule has 1 aromatic carbocycles. The number of anilines is 1. The van der Waals surface area contributed by atoms with Gasteiger partial charge in [-0.15, -0.1) is 0 Å². The van der Waals surface area contributed by atoms with Gasteiger partial charge in [-0.1, -0.05) is 31.2 Å². The molecule has 1 aromatic heterocycles. The first-order chi connectivity index (χ1) is 8.22. The van der Waals surface area contributed by atoms with Crippen molar-refractivity contribution >= 4 is 5.82 Å². The summed E-state index contributed by atoms with van der Waals surface area (Å²) in [5, 5.41) is 0. The Balaban J connectivity index is 2.44. The van der Waals surface area contributed by atoms with Crippen LogP contribution in [0.15, 0.2) is 30.5 Å². The topological polar surface area (TPSA) is 51.8 Å². The highest BCUT2D eigenvalue weighted by molar-refractivity contribution is 5.75.